The minimum absolute atomic E-state index is 0.0176. The van der Waals surface area contributed by atoms with E-state index in [1.165, 1.54) is 19.2 Å². The maximum atomic E-state index is 12.0. The van der Waals surface area contributed by atoms with Crippen LogP contribution in [0.2, 0.25) is 0 Å². The Morgan fingerprint density at radius 3 is 2.65 bits per heavy atom. The highest BCUT2D eigenvalue weighted by Crippen LogP contribution is 2.31. The number of hydrogen-bond donors (Lipinski definition) is 0. The first-order chi connectivity index (χ1) is 11.0. The van der Waals surface area contributed by atoms with Crippen LogP contribution in [-0.2, 0) is 4.79 Å². The molecule has 1 aromatic heterocycles. The van der Waals surface area contributed by atoms with Gasteiger partial charge in [-0.25, -0.2) is 0 Å². The first-order valence-corrected chi connectivity index (χ1v) is 7.43. The highest BCUT2D eigenvalue weighted by Gasteiger charge is 2.32. The van der Waals surface area contributed by atoms with Crippen molar-refractivity contribution in [3.63, 3.8) is 0 Å². The zero-order chi connectivity index (χ0) is 16.6. The van der Waals surface area contributed by atoms with Crippen molar-refractivity contribution in [2.24, 2.45) is 0 Å². The molecule has 0 spiro atoms. The van der Waals surface area contributed by atoms with Crippen molar-refractivity contribution in [1.29, 1.82) is 0 Å². The molecule has 0 unspecified atom stereocenters. The number of carbonyl (C=O) groups excluding carboxylic acids is 2. The lowest BCUT2D eigenvalue weighted by Gasteiger charge is -2.07. The highest BCUT2D eigenvalue weighted by atomic mass is 32.2. The first-order valence-electron chi connectivity index (χ1n) is 6.61. The summed E-state index contributed by atoms with van der Waals surface area (Å²) in [5.74, 6) is -0.355. The fourth-order valence-electron chi connectivity index (χ4n) is 2.18. The number of amides is 2. The summed E-state index contributed by atoms with van der Waals surface area (Å²) in [6.07, 6.45) is 3.34. The summed E-state index contributed by atoms with van der Waals surface area (Å²) in [4.78, 5) is 35.3. The number of rotatable bonds is 3. The first kappa shape index (κ1) is 15.0. The maximum Gasteiger partial charge on any atom is 0.293 e. The molecule has 23 heavy (non-hydrogen) atoms. The summed E-state index contributed by atoms with van der Waals surface area (Å²) >= 11 is 0.869. The number of likely N-dealkylation sites (N-methyl/N-ethyl adjacent to an activating group) is 1. The summed E-state index contributed by atoms with van der Waals surface area (Å²) in [5, 5.41) is 10.6. The minimum atomic E-state index is -0.463. The molecule has 7 nitrogen and oxygen atoms in total. The molecule has 0 N–H and O–H groups in total. The van der Waals surface area contributed by atoms with Gasteiger partial charge in [0.05, 0.1) is 15.5 Å². The number of hydrogen-bond acceptors (Lipinski definition) is 5. The lowest BCUT2D eigenvalue weighted by atomic mass is 10.2. The van der Waals surface area contributed by atoms with E-state index in [0.29, 0.717) is 16.3 Å². The van der Waals surface area contributed by atoms with Crippen LogP contribution < -0.4 is 0 Å². The number of nitro benzene ring substituents is 1. The maximum absolute atomic E-state index is 12.0. The lowest BCUT2D eigenvalue weighted by Crippen LogP contribution is -2.22. The Kier molecular flexibility index (Phi) is 3.75. The van der Waals surface area contributed by atoms with Crippen molar-refractivity contribution in [2.45, 2.75) is 0 Å². The van der Waals surface area contributed by atoms with Crippen molar-refractivity contribution in [3.05, 3.63) is 63.3 Å². The van der Waals surface area contributed by atoms with Crippen LogP contribution >= 0.6 is 11.8 Å². The molecular weight excluding hydrogens is 318 g/mol. The summed E-state index contributed by atoms with van der Waals surface area (Å²) in [6, 6.07) is 9.72. The van der Waals surface area contributed by atoms with Crippen LogP contribution in [0, 0.1) is 10.1 Å². The highest BCUT2D eigenvalue weighted by molar-refractivity contribution is 8.18. The second-order valence-electron chi connectivity index (χ2n) is 4.82. The number of non-ortho nitro benzene ring substituents is 1. The molecule has 0 radical (unpaired) electrons. The number of benzene rings is 1. The third-order valence-corrected chi connectivity index (χ3v) is 4.33. The van der Waals surface area contributed by atoms with Crippen LogP contribution in [0.5, 0.6) is 0 Å². The zero-order valence-electron chi connectivity index (χ0n) is 12.0. The average Bonchev–Trinajstić information content (AvgIpc) is 3.09. The Morgan fingerprint density at radius 2 is 2.00 bits per heavy atom. The van der Waals surface area contributed by atoms with Gasteiger partial charge in [0.25, 0.3) is 16.8 Å². The molecule has 0 saturated carbocycles. The normalized spacial score (nSPS) is 16.4. The van der Waals surface area contributed by atoms with Gasteiger partial charge in [-0.2, -0.15) is 0 Å². The molecule has 0 atom stereocenters. The van der Waals surface area contributed by atoms with Gasteiger partial charge in [-0.05, 0) is 36.0 Å². The monoisotopic (exact) mass is 329 g/mol. The molecular formula is C15H11N3O4S. The van der Waals surface area contributed by atoms with Gasteiger partial charge in [-0.1, -0.05) is 6.07 Å². The summed E-state index contributed by atoms with van der Waals surface area (Å²) in [6.45, 7) is 0. The van der Waals surface area contributed by atoms with E-state index in [9.17, 15) is 19.7 Å². The van der Waals surface area contributed by atoms with E-state index < -0.39 is 4.92 Å². The predicted molar refractivity (Wildman–Crippen MR) is 86.2 cm³/mol. The Balaban J connectivity index is 2.01. The topological polar surface area (TPSA) is 85.4 Å². The predicted octanol–water partition coefficient (Wildman–Crippen LogP) is 3.05. The molecule has 1 aromatic carbocycles. The Bertz CT molecular complexity index is 856. The Morgan fingerprint density at radius 1 is 1.22 bits per heavy atom. The van der Waals surface area contributed by atoms with Gasteiger partial charge in [0, 0.05) is 31.1 Å². The second kappa shape index (κ2) is 5.73. The number of aromatic nitrogens is 1. The van der Waals surface area contributed by atoms with Crippen molar-refractivity contribution in [3.8, 4) is 5.69 Å². The third kappa shape index (κ3) is 2.76. The van der Waals surface area contributed by atoms with Crippen LogP contribution in [0.3, 0.4) is 0 Å². The largest absolute Gasteiger partial charge is 0.317 e. The van der Waals surface area contributed by atoms with Gasteiger partial charge >= 0.3 is 0 Å². The van der Waals surface area contributed by atoms with E-state index in [2.05, 4.69) is 0 Å². The third-order valence-electron chi connectivity index (χ3n) is 3.36. The molecule has 116 valence electrons. The molecule has 2 aromatic rings. The molecule has 1 saturated heterocycles. The van der Waals surface area contributed by atoms with E-state index in [1.54, 1.807) is 41.1 Å². The number of carbonyl (C=O) groups is 2. The van der Waals surface area contributed by atoms with Gasteiger partial charge in [-0.15, -0.1) is 0 Å². The van der Waals surface area contributed by atoms with E-state index in [0.717, 1.165) is 16.7 Å². The summed E-state index contributed by atoms with van der Waals surface area (Å²) < 4.78 is 1.72. The zero-order valence-corrected chi connectivity index (χ0v) is 12.8. The molecule has 0 aliphatic carbocycles. The van der Waals surface area contributed by atoms with Crippen LogP contribution in [0.25, 0.3) is 11.8 Å². The number of imide groups is 1. The molecule has 1 aliphatic heterocycles. The molecule has 2 heterocycles. The van der Waals surface area contributed by atoms with Gasteiger partial charge in [0.15, 0.2) is 0 Å². The second-order valence-corrected chi connectivity index (χ2v) is 5.81. The van der Waals surface area contributed by atoms with E-state index in [4.69, 9.17) is 0 Å². The number of nitrogens with zero attached hydrogens (tertiary/aromatic N) is 3. The Labute approximate surface area is 135 Å². The SMILES string of the molecule is CN1C(=O)S/C(=C\c2cccn2-c2cccc([N+](=O)[O-])c2)C1=O. The smallest absolute Gasteiger partial charge is 0.293 e. The van der Waals surface area contributed by atoms with Gasteiger partial charge in [-0.3, -0.25) is 24.6 Å². The van der Waals surface area contributed by atoms with E-state index in [1.807, 2.05) is 0 Å². The molecule has 2 amide bonds. The van der Waals surface area contributed by atoms with Crippen molar-refractivity contribution in [1.82, 2.24) is 9.47 Å². The lowest BCUT2D eigenvalue weighted by molar-refractivity contribution is -0.384. The van der Waals surface area contributed by atoms with Gasteiger partial charge in [0.2, 0.25) is 0 Å². The molecule has 1 fully saturated rings. The van der Waals surface area contributed by atoms with Gasteiger partial charge in [0.1, 0.15) is 0 Å². The average molecular weight is 329 g/mol. The van der Waals surface area contributed by atoms with Crippen LogP contribution in [0.15, 0.2) is 47.5 Å². The van der Waals surface area contributed by atoms with Crippen LogP contribution in [0.4, 0.5) is 10.5 Å². The fraction of sp³-hybridized carbons (Fsp3) is 0.0667. The fourth-order valence-corrected chi connectivity index (χ4v) is 3.00. The molecule has 0 bridgehead atoms. The number of nitro groups is 1. The van der Waals surface area contributed by atoms with Crippen LogP contribution in [-0.4, -0.2) is 32.6 Å². The van der Waals surface area contributed by atoms with Crippen molar-refractivity contribution < 1.29 is 14.5 Å². The quantitative estimate of drug-likeness (QED) is 0.491. The minimum Gasteiger partial charge on any atom is -0.317 e. The van der Waals surface area contributed by atoms with Crippen LogP contribution in [0.1, 0.15) is 5.69 Å². The number of thioether (sulfide) groups is 1. The Hall–Kier alpha value is -2.87. The molecule has 8 heteroatoms. The van der Waals surface area contributed by atoms with Crippen molar-refractivity contribution in [2.75, 3.05) is 7.05 Å². The van der Waals surface area contributed by atoms with E-state index in [-0.39, 0.29) is 16.8 Å². The standard InChI is InChI=1S/C15H11N3O4S/c1-16-14(19)13(23-15(16)20)9-11-6-3-7-17(11)10-4-2-5-12(8-10)18(21)22/h2-9H,1H3/b13-9-. The molecule has 1 aliphatic rings. The summed E-state index contributed by atoms with van der Waals surface area (Å²) in [5.41, 5.74) is 1.24. The van der Waals surface area contributed by atoms with E-state index >= 15 is 0 Å². The van der Waals surface area contributed by atoms with Gasteiger partial charge < -0.3 is 4.57 Å². The summed E-state index contributed by atoms with van der Waals surface area (Å²) in [7, 11) is 1.43. The van der Waals surface area contributed by atoms with Crippen molar-refractivity contribution >= 4 is 34.7 Å². The molecule has 3 rings (SSSR count).